The Bertz CT molecular complexity index is 1120. The van der Waals surface area contributed by atoms with Crippen LogP contribution in [-0.4, -0.2) is 26.8 Å². The van der Waals surface area contributed by atoms with Crippen molar-refractivity contribution in [1.29, 1.82) is 0 Å². The van der Waals surface area contributed by atoms with E-state index in [1.54, 1.807) is 18.3 Å². The minimum absolute atomic E-state index is 0.164. The lowest BCUT2D eigenvalue weighted by Crippen LogP contribution is -2.26. The van der Waals surface area contributed by atoms with Crippen molar-refractivity contribution in [3.63, 3.8) is 0 Å². The first-order chi connectivity index (χ1) is 14.2. The lowest BCUT2D eigenvalue weighted by atomic mass is 10.2. The van der Waals surface area contributed by atoms with Gasteiger partial charge in [0.2, 0.25) is 0 Å². The van der Waals surface area contributed by atoms with Crippen LogP contribution in [0.5, 0.6) is 5.75 Å². The van der Waals surface area contributed by atoms with Gasteiger partial charge in [0.05, 0.1) is 11.3 Å². The summed E-state index contributed by atoms with van der Waals surface area (Å²) in [5.41, 5.74) is 4.27. The molecule has 29 heavy (non-hydrogen) atoms. The third-order valence-corrected chi connectivity index (χ3v) is 4.63. The number of pyridine rings is 2. The normalized spacial score (nSPS) is 10.8. The summed E-state index contributed by atoms with van der Waals surface area (Å²) in [5, 5.41) is 2.94. The first-order valence-corrected chi connectivity index (χ1v) is 9.54. The van der Waals surface area contributed by atoms with Crippen LogP contribution in [0.15, 0.2) is 73.2 Å². The third-order valence-electron chi connectivity index (χ3n) is 4.63. The van der Waals surface area contributed by atoms with E-state index in [2.05, 4.69) is 15.3 Å². The zero-order chi connectivity index (χ0) is 20.1. The first-order valence-electron chi connectivity index (χ1n) is 9.54. The molecule has 6 heteroatoms. The summed E-state index contributed by atoms with van der Waals surface area (Å²) in [4.78, 5) is 21.5. The number of rotatable bonds is 7. The summed E-state index contributed by atoms with van der Waals surface area (Å²) in [6.07, 6.45) is 6.33. The number of nitrogens with zero attached hydrogens (tertiary/aromatic N) is 3. The zero-order valence-corrected chi connectivity index (χ0v) is 16.2. The van der Waals surface area contributed by atoms with Gasteiger partial charge < -0.3 is 14.5 Å². The van der Waals surface area contributed by atoms with Gasteiger partial charge in [0.15, 0.2) is 0 Å². The van der Waals surface area contributed by atoms with Crippen LogP contribution in [0.4, 0.5) is 0 Å². The molecule has 1 aromatic carbocycles. The van der Waals surface area contributed by atoms with Gasteiger partial charge >= 0.3 is 0 Å². The number of aryl methyl sites for hydroxylation is 1. The van der Waals surface area contributed by atoms with E-state index in [0.717, 1.165) is 22.6 Å². The van der Waals surface area contributed by atoms with Crippen LogP contribution in [0.3, 0.4) is 0 Å². The highest BCUT2D eigenvalue weighted by molar-refractivity contribution is 5.96. The molecule has 3 aromatic heterocycles. The number of aromatic nitrogens is 3. The molecule has 1 amide bonds. The van der Waals surface area contributed by atoms with Crippen molar-refractivity contribution in [2.75, 3.05) is 6.54 Å². The van der Waals surface area contributed by atoms with Gasteiger partial charge in [-0.3, -0.25) is 9.78 Å². The van der Waals surface area contributed by atoms with Crippen LogP contribution in [0.1, 0.15) is 27.3 Å². The minimum atomic E-state index is -0.164. The highest BCUT2D eigenvalue weighted by Gasteiger charge is 2.13. The quantitative estimate of drug-likeness (QED) is 0.527. The van der Waals surface area contributed by atoms with Crippen LogP contribution < -0.4 is 10.1 Å². The molecule has 146 valence electrons. The van der Waals surface area contributed by atoms with Gasteiger partial charge in [0, 0.05) is 37.3 Å². The summed E-state index contributed by atoms with van der Waals surface area (Å²) in [6.45, 7) is 2.83. The highest BCUT2D eigenvalue weighted by atomic mass is 16.5. The van der Waals surface area contributed by atoms with Gasteiger partial charge in [-0.25, -0.2) is 4.98 Å². The lowest BCUT2D eigenvalue weighted by Gasteiger charge is -2.11. The van der Waals surface area contributed by atoms with E-state index in [-0.39, 0.29) is 5.91 Å². The number of fused-ring (bicyclic) bond motifs is 1. The molecule has 0 bridgehead atoms. The second kappa shape index (κ2) is 8.56. The fourth-order valence-electron chi connectivity index (χ4n) is 3.15. The Kier molecular flexibility index (Phi) is 5.52. The number of amides is 1. The summed E-state index contributed by atoms with van der Waals surface area (Å²) in [5.74, 6) is 0.374. The Hall–Kier alpha value is -3.67. The molecule has 1 N–H and O–H groups in total. The molecule has 0 unspecified atom stereocenters. The smallest absolute Gasteiger partial charge is 0.255 e. The van der Waals surface area contributed by atoms with Crippen LogP contribution in [0.2, 0.25) is 0 Å². The molecule has 0 radical (unpaired) electrons. The molecular formula is C23H22N4O2. The maximum Gasteiger partial charge on any atom is 0.255 e. The number of ether oxygens (including phenoxy) is 1. The van der Waals surface area contributed by atoms with Crippen molar-refractivity contribution in [1.82, 2.24) is 19.7 Å². The molecule has 4 aromatic rings. The number of hydrogen-bond acceptors (Lipinski definition) is 4. The molecule has 0 spiro atoms. The highest BCUT2D eigenvalue weighted by Crippen LogP contribution is 2.20. The number of para-hydroxylation sites is 1. The van der Waals surface area contributed by atoms with Crippen LogP contribution in [0, 0.1) is 6.92 Å². The van der Waals surface area contributed by atoms with Crippen LogP contribution in [-0.2, 0) is 13.0 Å². The fourth-order valence-corrected chi connectivity index (χ4v) is 3.15. The Morgan fingerprint density at radius 3 is 2.76 bits per heavy atom. The zero-order valence-electron chi connectivity index (χ0n) is 16.2. The van der Waals surface area contributed by atoms with E-state index in [1.807, 2.05) is 66.2 Å². The second-order valence-corrected chi connectivity index (χ2v) is 6.77. The number of hydrogen-bond donors (Lipinski definition) is 1. The molecule has 4 rings (SSSR count). The van der Waals surface area contributed by atoms with Gasteiger partial charge in [-0.2, -0.15) is 0 Å². The molecule has 0 saturated heterocycles. The predicted octanol–water partition coefficient (Wildman–Crippen LogP) is 3.59. The Morgan fingerprint density at radius 1 is 1.07 bits per heavy atom. The van der Waals surface area contributed by atoms with Crippen molar-refractivity contribution in [3.8, 4) is 5.75 Å². The van der Waals surface area contributed by atoms with Gasteiger partial charge in [-0.1, -0.05) is 24.3 Å². The van der Waals surface area contributed by atoms with Crippen molar-refractivity contribution >= 4 is 11.6 Å². The van der Waals surface area contributed by atoms with Gasteiger partial charge in [-0.15, -0.1) is 0 Å². The monoisotopic (exact) mass is 386 g/mol. The van der Waals surface area contributed by atoms with Gasteiger partial charge in [0.1, 0.15) is 18.0 Å². The number of benzene rings is 1. The molecule has 3 heterocycles. The molecular weight excluding hydrogens is 364 g/mol. The summed E-state index contributed by atoms with van der Waals surface area (Å²) >= 11 is 0. The maximum atomic E-state index is 12.6. The van der Waals surface area contributed by atoms with E-state index in [9.17, 15) is 4.79 Å². The van der Waals surface area contributed by atoms with Crippen molar-refractivity contribution in [3.05, 3.63) is 95.7 Å². The second-order valence-electron chi connectivity index (χ2n) is 6.77. The van der Waals surface area contributed by atoms with E-state index in [1.165, 1.54) is 0 Å². The van der Waals surface area contributed by atoms with E-state index in [4.69, 9.17) is 4.74 Å². The molecule has 0 atom stereocenters. The van der Waals surface area contributed by atoms with Crippen molar-refractivity contribution < 1.29 is 9.53 Å². The van der Waals surface area contributed by atoms with Crippen LogP contribution in [0.25, 0.3) is 5.65 Å². The standard InChI is InChI=1S/C23H22N4O2/c1-17-7-6-14-27-15-19(26-22(17)27)16-29-21-10-3-2-9-20(21)23(28)25-13-11-18-8-4-5-12-24-18/h2-10,12,14-15H,11,13,16H2,1H3,(H,25,28). The molecule has 0 aliphatic carbocycles. The maximum absolute atomic E-state index is 12.6. The van der Waals surface area contributed by atoms with Gasteiger partial charge in [0.25, 0.3) is 5.91 Å². The topological polar surface area (TPSA) is 68.5 Å². The SMILES string of the molecule is Cc1cccn2cc(COc3ccccc3C(=O)NCCc3ccccn3)nc12. The number of imidazole rings is 1. The predicted molar refractivity (Wildman–Crippen MR) is 111 cm³/mol. The first kappa shape index (κ1) is 18.7. The number of carbonyl (C=O) groups excluding carboxylic acids is 1. The lowest BCUT2D eigenvalue weighted by molar-refractivity contribution is 0.0949. The third kappa shape index (κ3) is 4.43. The van der Waals surface area contributed by atoms with Gasteiger partial charge in [-0.05, 0) is 42.8 Å². The Morgan fingerprint density at radius 2 is 1.93 bits per heavy atom. The van der Waals surface area contributed by atoms with Crippen molar-refractivity contribution in [2.45, 2.75) is 20.0 Å². The Balaban J connectivity index is 1.40. The van der Waals surface area contributed by atoms with E-state index >= 15 is 0 Å². The average Bonchev–Trinajstić information content (AvgIpc) is 3.18. The van der Waals surface area contributed by atoms with E-state index < -0.39 is 0 Å². The summed E-state index contributed by atoms with van der Waals surface area (Å²) in [6, 6.07) is 17.0. The number of nitrogens with one attached hydrogen (secondary N) is 1. The van der Waals surface area contributed by atoms with Crippen molar-refractivity contribution in [2.24, 2.45) is 0 Å². The summed E-state index contributed by atoms with van der Waals surface area (Å²) in [7, 11) is 0. The average molecular weight is 386 g/mol. The fraction of sp³-hybridized carbons (Fsp3) is 0.174. The molecule has 0 saturated carbocycles. The minimum Gasteiger partial charge on any atom is -0.486 e. The van der Waals surface area contributed by atoms with E-state index in [0.29, 0.717) is 30.9 Å². The molecule has 0 aliphatic heterocycles. The van der Waals surface area contributed by atoms with Crippen LogP contribution >= 0.6 is 0 Å². The largest absolute Gasteiger partial charge is 0.486 e. The number of carbonyl (C=O) groups is 1. The summed E-state index contributed by atoms with van der Waals surface area (Å²) < 4.78 is 7.91. The molecule has 6 nitrogen and oxygen atoms in total. The molecule has 0 aliphatic rings. The molecule has 0 fully saturated rings. The Labute approximate surface area is 169 Å².